The first-order valence-electron chi connectivity index (χ1n) is 5.64. The molecule has 6 heteroatoms. The van der Waals surface area contributed by atoms with E-state index in [1.807, 2.05) is 6.92 Å². The van der Waals surface area contributed by atoms with Crippen LogP contribution in [0.1, 0.15) is 18.2 Å². The lowest BCUT2D eigenvalue weighted by molar-refractivity contribution is -0.141. The molecule has 1 aromatic carbocycles. The van der Waals surface area contributed by atoms with Crippen molar-refractivity contribution < 1.29 is 17.9 Å². The highest BCUT2D eigenvalue weighted by Crippen LogP contribution is 2.37. The summed E-state index contributed by atoms with van der Waals surface area (Å²) in [7, 11) is 0. The van der Waals surface area contributed by atoms with Crippen molar-refractivity contribution >= 4 is 22.5 Å². The summed E-state index contributed by atoms with van der Waals surface area (Å²) >= 11 is 6.01. The van der Waals surface area contributed by atoms with Crippen LogP contribution >= 0.6 is 11.6 Å². The summed E-state index contributed by atoms with van der Waals surface area (Å²) in [6.07, 6.45) is -4.51. The Kier molecular flexibility index (Phi) is 3.58. The van der Waals surface area contributed by atoms with Gasteiger partial charge in [-0.2, -0.15) is 13.2 Å². The molecular formula is C13H11ClF3NO. The molecule has 0 saturated heterocycles. The first-order chi connectivity index (χ1) is 8.84. The number of nitrogens with zero attached hydrogens (tertiary/aromatic N) is 1. The summed E-state index contributed by atoms with van der Waals surface area (Å²) in [4.78, 5) is 3.64. The van der Waals surface area contributed by atoms with Gasteiger partial charge in [0.1, 0.15) is 11.4 Å². The topological polar surface area (TPSA) is 22.1 Å². The Labute approximate surface area is 113 Å². The van der Waals surface area contributed by atoms with Gasteiger partial charge in [0, 0.05) is 5.39 Å². The van der Waals surface area contributed by atoms with Crippen LogP contribution in [0.5, 0.6) is 5.75 Å². The number of fused-ring (bicyclic) bond motifs is 1. The fourth-order valence-electron chi connectivity index (χ4n) is 1.83. The van der Waals surface area contributed by atoms with Crippen LogP contribution in [0.4, 0.5) is 13.2 Å². The van der Waals surface area contributed by atoms with Gasteiger partial charge < -0.3 is 4.74 Å². The third-order valence-electron chi connectivity index (χ3n) is 2.70. The average molecular weight is 290 g/mol. The predicted octanol–water partition coefficient (Wildman–Crippen LogP) is 4.61. The van der Waals surface area contributed by atoms with E-state index in [0.29, 0.717) is 17.7 Å². The maximum absolute atomic E-state index is 12.8. The third kappa shape index (κ3) is 2.61. The molecule has 0 saturated carbocycles. The number of halogens is 4. The minimum atomic E-state index is -4.51. The van der Waals surface area contributed by atoms with E-state index in [2.05, 4.69) is 4.98 Å². The van der Waals surface area contributed by atoms with Crippen molar-refractivity contribution in [3.8, 4) is 5.75 Å². The molecule has 0 amide bonds. The van der Waals surface area contributed by atoms with Crippen LogP contribution < -0.4 is 4.74 Å². The molecule has 2 rings (SSSR count). The third-order valence-corrected chi connectivity index (χ3v) is 3.19. The number of benzene rings is 1. The molecule has 19 heavy (non-hydrogen) atoms. The van der Waals surface area contributed by atoms with E-state index in [1.54, 1.807) is 12.1 Å². The summed E-state index contributed by atoms with van der Waals surface area (Å²) in [6, 6.07) is 4.65. The molecule has 102 valence electrons. The van der Waals surface area contributed by atoms with E-state index >= 15 is 0 Å². The van der Waals surface area contributed by atoms with Gasteiger partial charge in [0.05, 0.1) is 17.1 Å². The monoisotopic (exact) mass is 289 g/mol. The number of pyridine rings is 1. The number of alkyl halides is 3. The van der Waals surface area contributed by atoms with E-state index in [4.69, 9.17) is 16.3 Å². The zero-order valence-electron chi connectivity index (χ0n) is 10.3. The van der Waals surface area contributed by atoms with Gasteiger partial charge in [-0.1, -0.05) is 11.6 Å². The number of ether oxygens (including phenoxy) is 1. The Hall–Kier alpha value is -1.49. The predicted molar refractivity (Wildman–Crippen MR) is 67.7 cm³/mol. The molecular weight excluding hydrogens is 279 g/mol. The highest BCUT2D eigenvalue weighted by atomic mass is 35.5. The summed E-state index contributed by atoms with van der Waals surface area (Å²) in [5.41, 5.74) is -0.823. The second-order valence-electron chi connectivity index (χ2n) is 4.01. The van der Waals surface area contributed by atoms with Gasteiger partial charge in [-0.25, -0.2) is 4.98 Å². The summed E-state index contributed by atoms with van der Waals surface area (Å²) in [6.45, 7) is 3.60. The zero-order chi connectivity index (χ0) is 14.2. The number of hydrogen-bond donors (Lipinski definition) is 0. The van der Waals surface area contributed by atoms with E-state index in [-0.39, 0.29) is 16.1 Å². The van der Waals surface area contributed by atoms with Crippen molar-refractivity contribution in [2.24, 2.45) is 0 Å². The highest BCUT2D eigenvalue weighted by molar-refractivity contribution is 6.36. The molecule has 2 aromatic rings. The van der Waals surface area contributed by atoms with Crippen LogP contribution in [-0.4, -0.2) is 11.6 Å². The van der Waals surface area contributed by atoms with Crippen LogP contribution in [0.3, 0.4) is 0 Å². The minimum Gasteiger partial charge on any atom is -0.494 e. The quantitative estimate of drug-likeness (QED) is 0.805. The molecule has 0 atom stereocenters. The molecule has 1 heterocycles. The maximum atomic E-state index is 12.8. The number of aromatic nitrogens is 1. The SMILES string of the molecule is CCOc1ccc2nc(C(F)(F)F)c(C)c(Cl)c2c1. The Morgan fingerprint density at radius 3 is 2.58 bits per heavy atom. The standard InChI is InChI=1S/C13H11ClF3NO/c1-3-19-8-4-5-10-9(6-8)11(14)7(2)12(18-10)13(15,16)17/h4-6H,3H2,1-2H3. The summed E-state index contributed by atoms with van der Waals surface area (Å²) < 4.78 is 43.7. The Morgan fingerprint density at radius 2 is 2.00 bits per heavy atom. The van der Waals surface area contributed by atoms with Crippen LogP contribution in [0, 0.1) is 6.92 Å². The van der Waals surface area contributed by atoms with E-state index < -0.39 is 11.9 Å². The fourth-order valence-corrected chi connectivity index (χ4v) is 2.07. The smallest absolute Gasteiger partial charge is 0.433 e. The summed E-state index contributed by atoms with van der Waals surface area (Å²) in [5, 5.41) is 0.511. The highest BCUT2D eigenvalue weighted by Gasteiger charge is 2.35. The molecule has 2 nitrogen and oxygen atoms in total. The molecule has 0 aliphatic rings. The lowest BCUT2D eigenvalue weighted by atomic mass is 10.1. The van der Waals surface area contributed by atoms with Gasteiger partial charge in [0.25, 0.3) is 0 Å². The van der Waals surface area contributed by atoms with Gasteiger partial charge in [0.15, 0.2) is 0 Å². The van der Waals surface area contributed by atoms with Crippen LogP contribution in [0.15, 0.2) is 18.2 Å². The van der Waals surface area contributed by atoms with Gasteiger partial charge >= 0.3 is 6.18 Å². The van der Waals surface area contributed by atoms with E-state index in [1.165, 1.54) is 13.0 Å². The molecule has 0 unspecified atom stereocenters. The van der Waals surface area contributed by atoms with Crippen LogP contribution in [-0.2, 0) is 6.18 Å². The Morgan fingerprint density at radius 1 is 1.32 bits per heavy atom. The van der Waals surface area contributed by atoms with Gasteiger partial charge in [-0.15, -0.1) is 0 Å². The molecule has 0 aliphatic heterocycles. The maximum Gasteiger partial charge on any atom is 0.433 e. The molecule has 0 bridgehead atoms. The Balaban J connectivity index is 2.69. The number of rotatable bonds is 2. The largest absolute Gasteiger partial charge is 0.494 e. The normalized spacial score (nSPS) is 11.9. The first-order valence-corrected chi connectivity index (χ1v) is 6.02. The molecule has 0 radical (unpaired) electrons. The number of hydrogen-bond acceptors (Lipinski definition) is 2. The molecule has 1 aromatic heterocycles. The summed E-state index contributed by atoms with van der Waals surface area (Å²) in [5.74, 6) is 0.554. The fraction of sp³-hybridized carbons (Fsp3) is 0.308. The van der Waals surface area contributed by atoms with Crippen molar-refractivity contribution in [2.45, 2.75) is 20.0 Å². The van der Waals surface area contributed by atoms with Crippen molar-refractivity contribution in [1.29, 1.82) is 0 Å². The molecule has 0 spiro atoms. The lowest BCUT2D eigenvalue weighted by Crippen LogP contribution is -2.11. The minimum absolute atomic E-state index is 0.0545. The van der Waals surface area contributed by atoms with Crippen molar-refractivity contribution in [3.63, 3.8) is 0 Å². The van der Waals surface area contributed by atoms with Gasteiger partial charge in [0.2, 0.25) is 0 Å². The second kappa shape index (κ2) is 4.89. The van der Waals surface area contributed by atoms with Gasteiger partial charge in [-0.3, -0.25) is 0 Å². The molecule has 0 fully saturated rings. The van der Waals surface area contributed by atoms with Crippen LogP contribution in [0.2, 0.25) is 5.02 Å². The van der Waals surface area contributed by atoms with Crippen molar-refractivity contribution in [3.05, 3.63) is 34.5 Å². The molecule has 0 aliphatic carbocycles. The van der Waals surface area contributed by atoms with Gasteiger partial charge in [-0.05, 0) is 37.6 Å². The van der Waals surface area contributed by atoms with E-state index in [0.717, 1.165) is 0 Å². The zero-order valence-corrected chi connectivity index (χ0v) is 11.1. The average Bonchev–Trinajstić information content (AvgIpc) is 2.33. The lowest BCUT2D eigenvalue weighted by Gasteiger charge is -2.13. The van der Waals surface area contributed by atoms with Crippen molar-refractivity contribution in [2.75, 3.05) is 6.61 Å². The second-order valence-corrected chi connectivity index (χ2v) is 4.39. The Bertz CT molecular complexity index is 625. The van der Waals surface area contributed by atoms with Crippen molar-refractivity contribution in [1.82, 2.24) is 4.98 Å². The molecule has 0 N–H and O–H groups in total. The van der Waals surface area contributed by atoms with Crippen LogP contribution in [0.25, 0.3) is 10.9 Å². The van der Waals surface area contributed by atoms with E-state index in [9.17, 15) is 13.2 Å². The first kappa shape index (κ1) is 13.9.